The van der Waals surface area contributed by atoms with Crippen LogP contribution in [0, 0.1) is 11.7 Å². The molecule has 0 bridgehead atoms. The average molecular weight is 295 g/mol. The van der Waals surface area contributed by atoms with Crippen molar-refractivity contribution in [1.82, 2.24) is 4.90 Å². The molecule has 1 amide bonds. The fourth-order valence-corrected chi connectivity index (χ4v) is 2.29. The molecule has 1 aliphatic heterocycles. The molecule has 1 unspecified atom stereocenters. The zero-order chi connectivity index (χ0) is 15.2. The van der Waals surface area contributed by atoms with E-state index in [1.54, 1.807) is 4.90 Å². The zero-order valence-corrected chi connectivity index (χ0v) is 11.9. The lowest BCUT2D eigenvalue weighted by atomic mass is 10.1. The Morgan fingerprint density at radius 1 is 1.33 bits per heavy atom. The molecule has 1 saturated heterocycles. The number of benzene rings is 1. The number of hydrogen-bond donors (Lipinski definition) is 0. The first-order chi connectivity index (χ1) is 10.1. The Labute approximate surface area is 122 Å². The number of carbonyl (C=O) groups excluding carboxylic acids is 2. The molecule has 1 aromatic carbocycles. The summed E-state index contributed by atoms with van der Waals surface area (Å²) in [5, 5.41) is 0. The molecule has 2 rings (SSSR count). The van der Waals surface area contributed by atoms with Crippen LogP contribution in [0.4, 0.5) is 4.39 Å². The number of ether oxygens (including phenoxy) is 2. The van der Waals surface area contributed by atoms with Gasteiger partial charge in [0.2, 0.25) is 5.91 Å². The predicted octanol–water partition coefficient (Wildman–Crippen LogP) is 1.62. The molecule has 1 fully saturated rings. The third-order valence-electron chi connectivity index (χ3n) is 3.47. The summed E-state index contributed by atoms with van der Waals surface area (Å²) in [7, 11) is 1.35. The third-order valence-corrected chi connectivity index (χ3v) is 3.47. The second-order valence-electron chi connectivity index (χ2n) is 4.90. The average Bonchev–Trinajstić information content (AvgIpc) is 2.98. The maximum absolute atomic E-state index is 12.7. The van der Waals surface area contributed by atoms with Crippen LogP contribution in [-0.2, 0) is 14.3 Å². The topological polar surface area (TPSA) is 55.8 Å². The van der Waals surface area contributed by atoms with Crippen molar-refractivity contribution in [3.63, 3.8) is 0 Å². The number of amides is 1. The molecular formula is C15H18FNO4. The highest BCUT2D eigenvalue weighted by molar-refractivity contribution is 5.79. The van der Waals surface area contributed by atoms with Crippen molar-refractivity contribution in [2.24, 2.45) is 5.92 Å². The second-order valence-corrected chi connectivity index (χ2v) is 4.90. The lowest BCUT2D eigenvalue weighted by Crippen LogP contribution is -2.31. The summed E-state index contributed by atoms with van der Waals surface area (Å²) in [6, 6.07) is 5.64. The number of carbonyl (C=O) groups is 2. The number of halogens is 1. The van der Waals surface area contributed by atoms with Crippen LogP contribution in [0.25, 0.3) is 0 Å². The molecule has 1 aromatic rings. The number of methoxy groups -OCH3 is 1. The smallest absolute Gasteiger partial charge is 0.310 e. The van der Waals surface area contributed by atoms with Gasteiger partial charge in [0, 0.05) is 13.1 Å². The molecule has 0 N–H and O–H groups in total. The third kappa shape index (κ3) is 4.18. The van der Waals surface area contributed by atoms with E-state index in [0.29, 0.717) is 25.3 Å². The molecule has 0 radical (unpaired) electrons. The van der Waals surface area contributed by atoms with E-state index >= 15 is 0 Å². The lowest BCUT2D eigenvalue weighted by Gasteiger charge is -2.16. The highest BCUT2D eigenvalue weighted by atomic mass is 19.1. The van der Waals surface area contributed by atoms with Crippen molar-refractivity contribution in [3.05, 3.63) is 30.1 Å². The molecule has 114 valence electrons. The minimum absolute atomic E-state index is 0.0523. The van der Waals surface area contributed by atoms with Crippen LogP contribution in [0.2, 0.25) is 0 Å². The fourth-order valence-electron chi connectivity index (χ4n) is 2.29. The van der Waals surface area contributed by atoms with Crippen LogP contribution in [-0.4, -0.2) is 43.6 Å². The Balaban J connectivity index is 1.73. The van der Waals surface area contributed by atoms with Crippen molar-refractivity contribution >= 4 is 11.9 Å². The van der Waals surface area contributed by atoms with Crippen LogP contribution >= 0.6 is 0 Å². The first kappa shape index (κ1) is 15.3. The van der Waals surface area contributed by atoms with Crippen molar-refractivity contribution in [2.75, 3.05) is 26.8 Å². The molecular weight excluding hydrogens is 277 g/mol. The van der Waals surface area contributed by atoms with Gasteiger partial charge in [0.1, 0.15) is 11.6 Å². The van der Waals surface area contributed by atoms with E-state index in [2.05, 4.69) is 4.74 Å². The van der Waals surface area contributed by atoms with E-state index in [4.69, 9.17) is 4.74 Å². The van der Waals surface area contributed by atoms with E-state index in [0.717, 1.165) is 0 Å². The Morgan fingerprint density at radius 2 is 2.05 bits per heavy atom. The van der Waals surface area contributed by atoms with Crippen molar-refractivity contribution in [2.45, 2.75) is 12.8 Å². The van der Waals surface area contributed by atoms with Gasteiger partial charge in [-0.2, -0.15) is 0 Å². The van der Waals surface area contributed by atoms with Gasteiger partial charge in [-0.25, -0.2) is 4.39 Å². The highest BCUT2D eigenvalue weighted by Gasteiger charge is 2.31. The first-order valence-electron chi connectivity index (χ1n) is 6.84. The molecule has 0 spiro atoms. The molecule has 1 heterocycles. The molecule has 0 aliphatic carbocycles. The number of hydrogen-bond acceptors (Lipinski definition) is 4. The van der Waals surface area contributed by atoms with Gasteiger partial charge < -0.3 is 14.4 Å². The minimum Gasteiger partial charge on any atom is -0.493 e. The summed E-state index contributed by atoms with van der Waals surface area (Å²) in [6.45, 7) is 1.20. The van der Waals surface area contributed by atoms with Gasteiger partial charge in [-0.05, 0) is 30.7 Å². The van der Waals surface area contributed by atoms with Crippen molar-refractivity contribution in [3.8, 4) is 5.75 Å². The Morgan fingerprint density at radius 3 is 2.71 bits per heavy atom. The highest BCUT2D eigenvalue weighted by Crippen LogP contribution is 2.18. The monoisotopic (exact) mass is 295 g/mol. The van der Waals surface area contributed by atoms with Gasteiger partial charge in [-0.15, -0.1) is 0 Å². The van der Waals surface area contributed by atoms with Crippen LogP contribution in [0.5, 0.6) is 5.75 Å². The second kappa shape index (κ2) is 7.06. The minimum atomic E-state index is -0.329. The van der Waals surface area contributed by atoms with Gasteiger partial charge >= 0.3 is 5.97 Å². The van der Waals surface area contributed by atoms with Crippen LogP contribution < -0.4 is 4.74 Å². The van der Waals surface area contributed by atoms with Crippen LogP contribution in [0.1, 0.15) is 12.8 Å². The van der Waals surface area contributed by atoms with E-state index in [1.807, 2.05) is 0 Å². The quantitative estimate of drug-likeness (QED) is 0.775. The summed E-state index contributed by atoms with van der Waals surface area (Å²) >= 11 is 0. The molecule has 0 aromatic heterocycles. The number of nitrogens with zero attached hydrogens (tertiary/aromatic N) is 1. The molecule has 5 nitrogen and oxygen atoms in total. The van der Waals surface area contributed by atoms with E-state index in [-0.39, 0.29) is 36.6 Å². The van der Waals surface area contributed by atoms with E-state index in [9.17, 15) is 14.0 Å². The number of rotatable bonds is 5. The predicted molar refractivity (Wildman–Crippen MR) is 73.2 cm³/mol. The summed E-state index contributed by atoms with van der Waals surface area (Å²) in [5.74, 6) is -0.351. The lowest BCUT2D eigenvalue weighted by molar-refractivity contribution is -0.145. The van der Waals surface area contributed by atoms with E-state index in [1.165, 1.54) is 31.4 Å². The van der Waals surface area contributed by atoms with Gasteiger partial charge in [0.15, 0.2) is 0 Å². The largest absolute Gasteiger partial charge is 0.493 e. The maximum atomic E-state index is 12.7. The summed E-state index contributed by atoms with van der Waals surface area (Å²) in [6.07, 6.45) is 0.864. The molecule has 6 heteroatoms. The van der Waals surface area contributed by atoms with Crippen molar-refractivity contribution < 1.29 is 23.5 Å². The maximum Gasteiger partial charge on any atom is 0.310 e. The van der Waals surface area contributed by atoms with Gasteiger partial charge in [-0.1, -0.05) is 0 Å². The number of likely N-dealkylation sites (tertiary alicyclic amines) is 1. The molecule has 0 saturated carbocycles. The van der Waals surface area contributed by atoms with Crippen LogP contribution in [0.3, 0.4) is 0 Å². The van der Waals surface area contributed by atoms with Crippen LogP contribution in [0.15, 0.2) is 24.3 Å². The summed E-state index contributed by atoms with van der Waals surface area (Å²) in [5.41, 5.74) is 0. The number of esters is 1. The first-order valence-corrected chi connectivity index (χ1v) is 6.84. The Bertz CT molecular complexity index is 503. The molecule has 1 atom stereocenters. The Hall–Kier alpha value is -2.11. The van der Waals surface area contributed by atoms with E-state index < -0.39 is 0 Å². The molecule has 21 heavy (non-hydrogen) atoms. The zero-order valence-electron chi connectivity index (χ0n) is 11.9. The SMILES string of the molecule is COC(=O)C1CCN(C(=O)CCOc2ccc(F)cc2)C1. The molecule has 1 aliphatic rings. The summed E-state index contributed by atoms with van der Waals surface area (Å²) in [4.78, 5) is 25.0. The normalized spacial score (nSPS) is 17.6. The van der Waals surface area contributed by atoms with Gasteiger partial charge in [-0.3, -0.25) is 9.59 Å². The summed E-state index contributed by atoms with van der Waals surface area (Å²) < 4.78 is 22.8. The standard InChI is InChI=1S/C15H18FNO4/c1-20-15(19)11-6-8-17(10-11)14(18)7-9-21-13-4-2-12(16)3-5-13/h2-5,11H,6-10H2,1H3. The van der Waals surface area contributed by atoms with Gasteiger partial charge in [0.25, 0.3) is 0 Å². The fraction of sp³-hybridized carbons (Fsp3) is 0.467. The Kier molecular flexibility index (Phi) is 5.14. The van der Waals surface area contributed by atoms with Crippen molar-refractivity contribution in [1.29, 1.82) is 0 Å². The van der Waals surface area contributed by atoms with Gasteiger partial charge in [0.05, 0.1) is 26.1 Å².